The predicted octanol–water partition coefficient (Wildman–Crippen LogP) is 2.95. The van der Waals surface area contributed by atoms with Crippen LogP contribution in [0.15, 0.2) is 48.5 Å². The quantitative estimate of drug-likeness (QED) is 0.941. The molecule has 1 atom stereocenters. The molecule has 108 valence electrons. The normalized spacial score (nSPS) is 17.9. The Balaban J connectivity index is 1.90. The van der Waals surface area contributed by atoms with Gasteiger partial charge in [-0.05, 0) is 35.7 Å². The summed E-state index contributed by atoms with van der Waals surface area (Å²) in [5.74, 6) is 0. The number of ether oxygens (including phenoxy) is 1. The molecule has 4 nitrogen and oxygen atoms in total. The second-order valence-electron chi connectivity index (χ2n) is 5.22. The summed E-state index contributed by atoms with van der Waals surface area (Å²) in [4.78, 5) is 13.5. The van der Waals surface area contributed by atoms with Crippen molar-refractivity contribution >= 4 is 11.8 Å². The van der Waals surface area contributed by atoms with Gasteiger partial charge in [-0.15, -0.1) is 0 Å². The van der Waals surface area contributed by atoms with Crippen LogP contribution in [0.25, 0.3) is 11.1 Å². The second kappa shape index (κ2) is 5.58. The number of hydrogen-bond acceptors (Lipinski definition) is 3. The predicted molar refractivity (Wildman–Crippen MR) is 83.3 cm³/mol. The van der Waals surface area contributed by atoms with Gasteiger partial charge >= 0.3 is 6.09 Å². The molecule has 0 bridgehead atoms. The maximum Gasteiger partial charge on any atom is 0.414 e. The van der Waals surface area contributed by atoms with Gasteiger partial charge < -0.3 is 10.5 Å². The maximum atomic E-state index is 11.9. The number of carbonyl (C=O) groups excluding carboxylic acids is 1. The molecule has 0 radical (unpaired) electrons. The number of nitrogens with two attached hydrogens (primary N) is 1. The van der Waals surface area contributed by atoms with E-state index in [1.165, 1.54) is 11.1 Å². The first-order valence-electron chi connectivity index (χ1n) is 7.03. The molecule has 0 saturated carbocycles. The molecule has 0 aliphatic carbocycles. The van der Waals surface area contributed by atoms with Crippen molar-refractivity contribution in [3.63, 3.8) is 0 Å². The fraction of sp³-hybridized carbons (Fsp3) is 0.235. The SMILES string of the molecule is Cc1cc(N2C[C@H](CN)OC2=O)ccc1-c1ccccc1. The van der Waals surface area contributed by atoms with Crippen LogP contribution >= 0.6 is 0 Å². The zero-order chi connectivity index (χ0) is 14.8. The van der Waals surface area contributed by atoms with E-state index in [-0.39, 0.29) is 12.2 Å². The van der Waals surface area contributed by atoms with Crippen molar-refractivity contribution in [2.75, 3.05) is 18.0 Å². The molecule has 1 aliphatic rings. The van der Waals surface area contributed by atoms with E-state index in [1.807, 2.05) is 43.3 Å². The molecular formula is C17H18N2O2. The summed E-state index contributed by atoms with van der Waals surface area (Å²) in [7, 11) is 0. The summed E-state index contributed by atoms with van der Waals surface area (Å²) in [6.07, 6.45) is -0.538. The van der Waals surface area contributed by atoms with Crippen LogP contribution in [0.5, 0.6) is 0 Å². The van der Waals surface area contributed by atoms with Crippen molar-refractivity contribution in [2.24, 2.45) is 5.73 Å². The molecule has 1 saturated heterocycles. The zero-order valence-electron chi connectivity index (χ0n) is 12.0. The molecule has 4 heteroatoms. The van der Waals surface area contributed by atoms with E-state index in [4.69, 9.17) is 10.5 Å². The van der Waals surface area contributed by atoms with Crippen LogP contribution in [0.2, 0.25) is 0 Å². The van der Waals surface area contributed by atoms with E-state index in [2.05, 4.69) is 12.1 Å². The van der Waals surface area contributed by atoms with Gasteiger partial charge in [0.15, 0.2) is 0 Å². The first kappa shape index (κ1) is 13.6. The Kier molecular flexibility index (Phi) is 3.62. The number of hydrogen-bond donors (Lipinski definition) is 1. The van der Waals surface area contributed by atoms with Gasteiger partial charge in [-0.3, -0.25) is 4.90 Å². The molecule has 0 spiro atoms. The van der Waals surface area contributed by atoms with Gasteiger partial charge in [0.1, 0.15) is 6.10 Å². The van der Waals surface area contributed by atoms with Gasteiger partial charge in [-0.2, -0.15) is 0 Å². The third kappa shape index (κ3) is 2.62. The minimum absolute atomic E-state index is 0.216. The van der Waals surface area contributed by atoms with Crippen LogP contribution in [-0.4, -0.2) is 25.3 Å². The average Bonchev–Trinajstić information content (AvgIpc) is 2.89. The summed E-state index contributed by atoms with van der Waals surface area (Å²) in [6.45, 7) is 2.91. The van der Waals surface area contributed by atoms with Crippen molar-refractivity contribution in [3.05, 3.63) is 54.1 Å². The summed E-state index contributed by atoms with van der Waals surface area (Å²) >= 11 is 0. The van der Waals surface area contributed by atoms with E-state index in [0.717, 1.165) is 11.3 Å². The molecule has 3 rings (SSSR count). The number of cyclic esters (lactones) is 1. The fourth-order valence-electron chi connectivity index (χ4n) is 2.61. The standard InChI is InChI=1S/C17H18N2O2/c1-12-9-14(19-11-15(10-18)21-17(19)20)7-8-16(12)13-5-3-2-4-6-13/h2-9,15H,10-11,18H2,1H3/t15-/m0/s1. The molecule has 1 aliphatic heterocycles. The number of amides is 1. The van der Waals surface area contributed by atoms with Crippen molar-refractivity contribution in [1.29, 1.82) is 0 Å². The monoisotopic (exact) mass is 282 g/mol. The molecule has 1 fully saturated rings. The Morgan fingerprint density at radius 2 is 2.00 bits per heavy atom. The molecule has 2 aromatic rings. The minimum Gasteiger partial charge on any atom is -0.443 e. The van der Waals surface area contributed by atoms with Crippen molar-refractivity contribution < 1.29 is 9.53 Å². The summed E-state index contributed by atoms with van der Waals surface area (Å²) in [5, 5.41) is 0. The first-order valence-corrected chi connectivity index (χ1v) is 7.03. The highest BCUT2D eigenvalue weighted by atomic mass is 16.6. The molecule has 2 aromatic carbocycles. The van der Waals surface area contributed by atoms with Gasteiger partial charge in [-0.25, -0.2) is 4.79 Å². The number of aryl methyl sites for hydroxylation is 1. The lowest BCUT2D eigenvalue weighted by Crippen LogP contribution is -2.27. The lowest BCUT2D eigenvalue weighted by atomic mass is 10.00. The van der Waals surface area contributed by atoms with Crippen LogP contribution < -0.4 is 10.6 Å². The molecule has 2 N–H and O–H groups in total. The van der Waals surface area contributed by atoms with E-state index >= 15 is 0 Å². The van der Waals surface area contributed by atoms with Gasteiger partial charge in [0.25, 0.3) is 0 Å². The van der Waals surface area contributed by atoms with Gasteiger partial charge in [0.2, 0.25) is 0 Å². The maximum absolute atomic E-state index is 11.9. The Morgan fingerprint density at radius 1 is 1.24 bits per heavy atom. The van der Waals surface area contributed by atoms with Crippen LogP contribution in [0, 0.1) is 6.92 Å². The van der Waals surface area contributed by atoms with Gasteiger partial charge in [0, 0.05) is 12.2 Å². The molecule has 0 aromatic heterocycles. The molecule has 1 heterocycles. The molecule has 0 unspecified atom stereocenters. The highest BCUT2D eigenvalue weighted by molar-refractivity contribution is 5.90. The molecular weight excluding hydrogens is 264 g/mol. The molecule has 1 amide bonds. The van der Waals surface area contributed by atoms with Crippen LogP contribution in [-0.2, 0) is 4.74 Å². The number of anilines is 1. The number of benzene rings is 2. The van der Waals surface area contributed by atoms with Crippen LogP contribution in [0.3, 0.4) is 0 Å². The third-order valence-electron chi connectivity index (χ3n) is 3.74. The molecule has 21 heavy (non-hydrogen) atoms. The van der Waals surface area contributed by atoms with Crippen LogP contribution in [0.1, 0.15) is 5.56 Å². The van der Waals surface area contributed by atoms with E-state index in [0.29, 0.717) is 13.1 Å². The Labute approximate surface area is 124 Å². The summed E-state index contributed by atoms with van der Waals surface area (Å²) < 4.78 is 5.19. The third-order valence-corrected chi connectivity index (χ3v) is 3.74. The highest BCUT2D eigenvalue weighted by Gasteiger charge is 2.31. The number of nitrogens with zero attached hydrogens (tertiary/aromatic N) is 1. The Bertz CT molecular complexity index is 655. The lowest BCUT2D eigenvalue weighted by molar-refractivity contribution is 0.145. The Hall–Kier alpha value is -2.33. The average molecular weight is 282 g/mol. The highest BCUT2D eigenvalue weighted by Crippen LogP contribution is 2.29. The number of carbonyl (C=O) groups is 1. The summed E-state index contributed by atoms with van der Waals surface area (Å²) in [6, 6.07) is 16.2. The number of rotatable bonds is 3. The van der Waals surface area contributed by atoms with Crippen molar-refractivity contribution in [1.82, 2.24) is 0 Å². The summed E-state index contributed by atoms with van der Waals surface area (Å²) in [5.41, 5.74) is 9.89. The largest absolute Gasteiger partial charge is 0.443 e. The lowest BCUT2D eigenvalue weighted by Gasteiger charge is -2.15. The zero-order valence-corrected chi connectivity index (χ0v) is 12.0. The first-order chi connectivity index (χ1) is 10.2. The van der Waals surface area contributed by atoms with E-state index < -0.39 is 0 Å². The topological polar surface area (TPSA) is 55.6 Å². The van der Waals surface area contributed by atoms with Crippen molar-refractivity contribution in [3.8, 4) is 11.1 Å². The Morgan fingerprint density at radius 3 is 2.62 bits per heavy atom. The fourth-order valence-corrected chi connectivity index (χ4v) is 2.61. The van der Waals surface area contributed by atoms with Gasteiger partial charge in [0.05, 0.1) is 6.54 Å². The van der Waals surface area contributed by atoms with E-state index in [1.54, 1.807) is 4.90 Å². The second-order valence-corrected chi connectivity index (χ2v) is 5.22. The van der Waals surface area contributed by atoms with E-state index in [9.17, 15) is 4.79 Å². The van der Waals surface area contributed by atoms with Crippen molar-refractivity contribution in [2.45, 2.75) is 13.0 Å². The van der Waals surface area contributed by atoms with Crippen LogP contribution in [0.4, 0.5) is 10.5 Å². The van der Waals surface area contributed by atoms with Gasteiger partial charge in [-0.1, -0.05) is 36.4 Å². The smallest absolute Gasteiger partial charge is 0.414 e. The minimum atomic E-state index is -0.322.